The molecule has 108 valence electrons. The van der Waals surface area contributed by atoms with Crippen LogP contribution in [0.4, 0.5) is 0 Å². The molecule has 1 aromatic rings. The van der Waals surface area contributed by atoms with Crippen LogP contribution in [0.15, 0.2) is 21.8 Å². The van der Waals surface area contributed by atoms with Gasteiger partial charge in [0.05, 0.1) is 0 Å². The normalized spacial score (nSPS) is 14.3. The SMILES string of the molecule is CN=C(NCc1ccsc1)NC(C)CCC(C)(C)C. The standard InChI is InChI=1S/C15H27N3S/c1-12(6-8-15(2,3)4)18-14(16-5)17-10-13-7-9-19-11-13/h7,9,11-12H,6,8,10H2,1-5H3,(H2,16,17,18). The van der Waals surface area contributed by atoms with Gasteiger partial charge in [-0.2, -0.15) is 11.3 Å². The van der Waals surface area contributed by atoms with Crippen LogP contribution in [-0.4, -0.2) is 19.0 Å². The topological polar surface area (TPSA) is 36.4 Å². The van der Waals surface area contributed by atoms with E-state index in [1.807, 2.05) is 7.05 Å². The summed E-state index contributed by atoms with van der Waals surface area (Å²) in [5.74, 6) is 0.882. The fourth-order valence-electron chi connectivity index (χ4n) is 1.73. The van der Waals surface area contributed by atoms with E-state index in [9.17, 15) is 0 Å². The van der Waals surface area contributed by atoms with Crippen LogP contribution in [0.3, 0.4) is 0 Å². The molecule has 0 saturated carbocycles. The lowest BCUT2D eigenvalue weighted by Gasteiger charge is -2.23. The molecular weight excluding hydrogens is 254 g/mol. The quantitative estimate of drug-likeness (QED) is 0.639. The van der Waals surface area contributed by atoms with E-state index < -0.39 is 0 Å². The summed E-state index contributed by atoms with van der Waals surface area (Å²) in [7, 11) is 1.82. The Bertz CT molecular complexity index is 377. The minimum atomic E-state index is 0.392. The van der Waals surface area contributed by atoms with Crippen molar-refractivity contribution in [3.63, 3.8) is 0 Å². The van der Waals surface area contributed by atoms with E-state index in [0.29, 0.717) is 11.5 Å². The smallest absolute Gasteiger partial charge is 0.191 e. The number of rotatable bonds is 5. The zero-order chi connectivity index (χ0) is 14.3. The predicted molar refractivity (Wildman–Crippen MR) is 85.8 cm³/mol. The third-order valence-corrected chi connectivity index (χ3v) is 3.71. The second kappa shape index (κ2) is 7.53. The fraction of sp³-hybridized carbons (Fsp3) is 0.667. The maximum absolute atomic E-state index is 4.27. The molecule has 0 bridgehead atoms. The van der Waals surface area contributed by atoms with E-state index in [-0.39, 0.29) is 0 Å². The van der Waals surface area contributed by atoms with E-state index in [2.05, 4.69) is 60.1 Å². The van der Waals surface area contributed by atoms with Gasteiger partial charge < -0.3 is 10.6 Å². The highest BCUT2D eigenvalue weighted by molar-refractivity contribution is 7.07. The molecule has 0 amide bonds. The van der Waals surface area contributed by atoms with Crippen LogP contribution in [0, 0.1) is 5.41 Å². The van der Waals surface area contributed by atoms with E-state index in [0.717, 1.165) is 18.9 Å². The van der Waals surface area contributed by atoms with Gasteiger partial charge in [-0.1, -0.05) is 20.8 Å². The molecule has 19 heavy (non-hydrogen) atoms. The highest BCUT2D eigenvalue weighted by atomic mass is 32.1. The molecule has 0 fully saturated rings. The van der Waals surface area contributed by atoms with E-state index in [4.69, 9.17) is 0 Å². The second-order valence-corrected chi connectivity index (χ2v) is 6.98. The molecule has 0 radical (unpaired) electrons. The summed E-state index contributed by atoms with van der Waals surface area (Å²) in [5, 5.41) is 11.0. The molecular formula is C15H27N3S. The van der Waals surface area contributed by atoms with Gasteiger partial charge in [0.15, 0.2) is 5.96 Å². The number of nitrogens with zero attached hydrogens (tertiary/aromatic N) is 1. The summed E-state index contributed by atoms with van der Waals surface area (Å²) in [6.07, 6.45) is 2.37. The number of hydrogen-bond donors (Lipinski definition) is 2. The molecule has 2 N–H and O–H groups in total. The van der Waals surface area contributed by atoms with Crippen molar-refractivity contribution in [1.82, 2.24) is 10.6 Å². The molecule has 0 aliphatic rings. The molecule has 0 spiro atoms. The zero-order valence-electron chi connectivity index (χ0n) is 12.8. The van der Waals surface area contributed by atoms with Gasteiger partial charge in [-0.15, -0.1) is 0 Å². The van der Waals surface area contributed by atoms with Gasteiger partial charge in [0, 0.05) is 19.6 Å². The molecule has 0 aromatic carbocycles. The molecule has 0 aliphatic heterocycles. The average molecular weight is 281 g/mol. The summed E-state index contributed by atoms with van der Waals surface area (Å²) >= 11 is 1.72. The number of hydrogen-bond acceptors (Lipinski definition) is 2. The number of aliphatic imine (C=N–C) groups is 1. The first kappa shape index (κ1) is 16.0. The van der Waals surface area contributed by atoms with Gasteiger partial charge in [0.1, 0.15) is 0 Å². The molecule has 0 saturated heterocycles. The van der Waals surface area contributed by atoms with Crippen molar-refractivity contribution < 1.29 is 0 Å². The van der Waals surface area contributed by atoms with Gasteiger partial charge in [0.2, 0.25) is 0 Å². The summed E-state index contributed by atoms with van der Waals surface area (Å²) in [5.41, 5.74) is 1.69. The first-order chi connectivity index (χ1) is 8.90. The largest absolute Gasteiger partial charge is 0.354 e. The Hall–Kier alpha value is -1.03. The maximum Gasteiger partial charge on any atom is 0.191 e. The lowest BCUT2D eigenvalue weighted by molar-refractivity contribution is 0.346. The highest BCUT2D eigenvalue weighted by Gasteiger charge is 2.13. The Labute approximate surface area is 121 Å². The third kappa shape index (κ3) is 7.21. The van der Waals surface area contributed by atoms with Gasteiger partial charge in [-0.25, -0.2) is 0 Å². The van der Waals surface area contributed by atoms with Crippen LogP contribution in [0.25, 0.3) is 0 Å². The van der Waals surface area contributed by atoms with Crippen molar-refractivity contribution >= 4 is 17.3 Å². The van der Waals surface area contributed by atoms with Crippen molar-refractivity contribution in [2.45, 2.75) is 53.1 Å². The minimum Gasteiger partial charge on any atom is -0.354 e. The minimum absolute atomic E-state index is 0.392. The van der Waals surface area contributed by atoms with Gasteiger partial charge in [0.25, 0.3) is 0 Å². The Morgan fingerprint density at radius 1 is 1.42 bits per heavy atom. The van der Waals surface area contributed by atoms with Crippen LogP contribution in [-0.2, 0) is 6.54 Å². The number of thiophene rings is 1. The molecule has 1 atom stereocenters. The summed E-state index contributed by atoms with van der Waals surface area (Å²) in [4.78, 5) is 4.27. The summed E-state index contributed by atoms with van der Waals surface area (Å²) in [6.45, 7) is 9.88. The molecule has 1 aromatic heterocycles. The Morgan fingerprint density at radius 3 is 2.68 bits per heavy atom. The Morgan fingerprint density at radius 2 is 2.16 bits per heavy atom. The summed E-state index contributed by atoms with van der Waals surface area (Å²) < 4.78 is 0. The molecule has 4 heteroatoms. The van der Waals surface area contributed by atoms with E-state index in [1.54, 1.807) is 11.3 Å². The third-order valence-electron chi connectivity index (χ3n) is 2.97. The maximum atomic E-state index is 4.27. The summed E-state index contributed by atoms with van der Waals surface area (Å²) in [6, 6.07) is 2.57. The first-order valence-electron chi connectivity index (χ1n) is 6.89. The molecule has 3 nitrogen and oxygen atoms in total. The van der Waals surface area contributed by atoms with Crippen molar-refractivity contribution in [3.05, 3.63) is 22.4 Å². The molecule has 1 rings (SSSR count). The molecule has 1 unspecified atom stereocenters. The predicted octanol–water partition coefficient (Wildman–Crippen LogP) is 3.63. The first-order valence-corrected chi connectivity index (χ1v) is 7.83. The van der Waals surface area contributed by atoms with Gasteiger partial charge in [-0.05, 0) is 47.6 Å². The lowest BCUT2D eigenvalue weighted by Crippen LogP contribution is -2.42. The Kier molecular flexibility index (Phi) is 6.35. The van der Waals surface area contributed by atoms with Crippen LogP contribution >= 0.6 is 11.3 Å². The van der Waals surface area contributed by atoms with Gasteiger partial charge in [-0.3, -0.25) is 4.99 Å². The van der Waals surface area contributed by atoms with Crippen LogP contribution < -0.4 is 10.6 Å². The highest BCUT2D eigenvalue weighted by Crippen LogP contribution is 2.21. The van der Waals surface area contributed by atoms with Crippen molar-refractivity contribution in [3.8, 4) is 0 Å². The van der Waals surface area contributed by atoms with Crippen LogP contribution in [0.5, 0.6) is 0 Å². The Balaban J connectivity index is 2.31. The van der Waals surface area contributed by atoms with E-state index >= 15 is 0 Å². The monoisotopic (exact) mass is 281 g/mol. The molecule has 1 heterocycles. The van der Waals surface area contributed by atoms with Crippen LogP contribution in [0.1, 0.15) is 46.1 Å². The van der Waals surface area contributed by atoms with Crippen molar-refractivity contribution in [2.75, 3.05) is 7.05 Å². The second-order valence-electron chi connectivity index (χ2n) is 6.20. The van der Waals surface area contributed by atoms with Crippen LogP contribution in [0.2, 0.25) is 0 Å². The lowest BCUT2D eigenvalue weighted by atomic mass is 9.89. The molecule has 0 aliphatic carbocycles. The van der Waals surface area contributed by atoms with Crippen molar-refractivity contribution in [2.24, 2.45) is 10.4 Å². The van der Waals surface area contributed by atoms with Gasteiger partial charge >= 0.3 is 0 Å². The zero-order valence-corrected chi connectivity index (χ0v) is 13.6. The van der Waals surface area contributed by atoms with E-state index in [1.165, 1.54) is 12.0 Å². The average Bonchev–Trinajstić information content (AvgIpc) is 2.84. The fourth-order valence-corrected chi connectivity index (χ4v) is 2.40. The number of guanidine groups is 1. The van der Waals surface area contributed by atoms with Crippen molar-refractivity contribution in [1.29, 1.82) is 0 Å². The number of nitrogens with one attached hydrogen (secondary N) is 2.